The van der Waals surface area contributed by atoms with Crippen LogP contribution >= 0.6 is 11.8 Å². The molecule has 1 heterocycles. The first-order valence-electron chi connectivity index (χ1n) is 5.71. The van der Waals surface area contributed by atoms with Crippen LogP contribution in [0.25, 0.3) is 10.8 Å². The van der Waals surface area contributed by atoms with Gasteiger partial charge in [0.1, 0.15) is 0 Å². The van der Waals surface area contributed by atoms with E-state index in [0.29, 0.717) is 4.90 Å². The smallest absolute Gasteiger partial charge is 0.313 e. The minimum absolute atomic E-state index is 0.373. The number of H-pyrrole nitrogens is 2. The zero-order valence-corrected chi connectivity index (χ0v) is 10.7. The summed E-state index contributed by atoms with van der Waals surface area (Å²) < 4.78 is 0. The topological polar surface area (TPSA) is 65.7 Å². The van der Waals surface area contributed by atoms with Crippen LogP contribution in [0.2, 0.25) is 0 Å². The molecule has 3 aromatic rings. The summed E-state index contributed by atoms with van der Waals surface area (Å²) in [6.45, 7) is 0. The molecule has 0 atom stereocenters. The van der Waals surface area contributed by atoms with Crippen molar-refractivity contribution in [3.8, 4) is 0 Å². The maximum absolute atomic E-state index is 11.6. The van der Waals surface area contributed by atoms with E-state index in [1.54, 1.807) is 0 Å². The van der Waals surface area contributed by atoms with Crippen molar-refractivity contribution >= 4 is 22.5 Å². The number of hydrogen-bond acceptors (Lipinski definition) is 3. The molecule has 0 aliphatic heterocycles. The molecule has 1 aromatic heterocycles. The molecule has 94 valence electrons. The van der Waals surface area contributed by atoms with Crippen LogP contribution in [0, 0.1) is 0 Å². The quantitative estimate of drug-likeness (QED) is 0.751. The van der Waals surface area contributed by atoms with E-state index in [9.17, 15) is 9.59 Å². The van der Waals surface area contributed by atoms with Crippen LogP contribution in [0.15, 0.2) is 68.0 Å². The van der Waals surface area contributed by atoms with E-state index in [2.05, 4.69) is 9.97 Å². The Morgan fingerprint density at radius 2 is 1.74 bits per heavy atom. The number of benzene rings is 2. The van der Waals surface area contributed by atoms with E-state index in [1.807, 2.05) is 42.5 Å². The fourth-order valence-electron chi connectivity index (χ4n) is 1.83. The Bertz CT molecular complexity index is 851. The Labute approximate surface area is 112 Å². The Balaban J connectivity index is 2.01. The maximum Gasteiger partial charge on any atom is 0.325 e. The fourth-order valence-corrected chi connectivity index (χ4v) is 2.67. The Morgan fingerprint density at radius 1 is 0.947 bits per heavy atom. The molecule has 0 aliphatic carbocycles. The van der Waals surface area contributed by atoms with Gasteiger partial charge in [-0.3, -0.25) is 9.78 Å². The number of aromatic amines is 2. The standard InChI is InChI=1S/C14H10N2O2S/c17-13-12(8-15-14(18)16-13)19-11-6-5-9-3-1-2-4-10(9)7-11/h1-8H,(H2,15,16,17,18). The lowest BCUT2D eigenvalue weighted by Crippen LogP contribution is -2.22. The van der Waals surface area contributed by atoms with Gasteiger partial charge in [-0.1, -0.05) is 42.1 Å². The third-order valence-corrected chi connectivity index (χ3v) is 3.75. The molecule has 0 amide bonds. The van der Waals surface area contributed by atoms with Crippen LogP contribution in [-0.4, -0.2) is 9.97 Å². The molecular formula is C14H10N2O2S. The molecule has 0 unspecified atom stereocenters. The molecule has 2 N–H and O–H groups in total. The third kappa shape index (κ3) is 2.46. The third-order valence-electron chi connectivity index (χ3n) is 2.73. The number of hydrogen-bond donors (Lipinski definition) is 2. The molecule has 0 aliphatic rings. The van der Waals surface area contributed by atoms with Crippen molar-refractivity contribution in [2.24, 2.45) is 0 Å². The first-order valence-corrected chi connectivity index (χ1v) is 6.53. The van der Waals surface area contributed by atoms with Crippen molar-refractivity contribution < 1.29 is 0 Å². The molecule has 0 fully saturated rings. The molecule has 2 aromatic carbocycles. The lowest BCUT2D eigenvalue weighted by atomic mass is 10.1. The highest BCUT2D eigenvalue weighted by molar-refractivity contribution is 7.99. The molecular weight excluding hydrogens is 260 g/mol. The highest BCUT2D eigenvalue weighted by atomic mass is 32.2. The minimum Gasteiger partial charge on any atom is -0.313 e. The van der Waals surface area contributed by atoms with Crippen molar-refractivity contribution in [2.75, 3.05) is 0 Å². The molecule has 0 bridgehead atoms. The summed E-state index contributed by atoms with van der Waals surface area (Å²) in [5, 5.41) is 2.27. The fraction of sp³-hybridized carbons (Fsp3) is 0. The van der Waals surface area contributed by atoms with Crippen LogP contribution < -0.4 is 11.2 Å². The van der Waals surface area contributed by atoms with Crippen molar-refractivity contribution in [1.82, 2.24) is 9.97 Å². The van der Waals surface area contributed by atoms with Gasteiger partial charge in [-0.15, -0.1) is 0 Å². The molecule has 0 saturated heterocycles. The number of rotatable bonds is 2. The van der Waals surface area contributed by atoms with Crippen molar-refractivity contribution in [2.45, 2.75) is 9.79 Å². The van der Waals surface area contributed by atoms with Gasteiger partial charge in [0.2, 0.25) is 0 Å². The van der Waals surface area contributed by atoms with E-state index in [0.717, 1.165) is 15.7 Å². The van der Waals surface area contributed by atoms with Crippen molar-refractivity contribution in [1.29, 1.82) is 0 Å². The average molecular weight is 270 g/mol. The lowest BCUT2D eigenvalue weighted by molar-refractivity contribution is 0.976. The monoisotopic (exact) mass is 270 g/mol. The first-order chi connectivity index (χ1) is 9.22. The molecule has 0 saturated carbocycles. The summed E-state index contributed by atoms with van der Waals surface area (Å²) in [5.41, 5.74) is -0.866. The maximum atomic E-state index is 11.6. The molecule has 5 heteroatoms. The van der Waals surface area contributed by atoms with E-state index in [-0.39, 0.29) is 5.56 Å². The van der Waals surface area contributed by atoms with E-state index < -0.39 is 5.69 Å². The van der Waals surface area contributed by atoms with Crippen LogP contribution in [0.4, 0.5) is 0 Å². The van der Waals surface area contributed by atoms with E-state index >= 15 is 0 Å². The molecule has 4 nitrogen and oxygen atoms in total. The molecule has 19 heavy (non-hydrogen) atoms. The van der Waals surface area contributed by atoms with Gasteiger partial charge in [-0.05, 0) is 22.9 Å². The van der Waals surface area contributed by atoms with Crippen LogP contribution in [-0.2, 0) is 0 Å². The predicted molar refractivity (Wildman–Crippen MR) is 75.8 cm³/mol. The SMILES string of the molecule is O=c1[nH]cc(Sc2ccc3ccccc3c2)c(=O)[nH]1. The summed E-state index contributed by atoms with van der Waals surface area (Å²) in [4.78, 5) is 28.7. The minimum atomic E-state index is -0.493. The highest BCUT2D eigenvalue weighted by Crippen LogP contribution is 2.27. The van der Waals surface area contributed by atoms with Gasteiger partial charge >= 0.3 is 5.69 Å². The summed E-state index contributed by atoms with van der Waals surface area (Å²) in [6, 6.07) is 14.0. The van der Waals surface area contributed by atoms with Crippen LogP contribution in [0.3, 0.4) is 0 Å². The number of nitrogens with one attached hydrogen (secondary N) is 2. The summed E-state index contributed by atoms with van der Waals surface area (Å²) in [5.74, 6) is 0. The van der Waals surface area contributed by atoms with Gasteiger partial charge in [0, 0.05) is 11.1 Å². The molecule has 0 radical (unpaired) electrons. The zero-order valence-electron chi connectivity index (χ0n) is 9.84. The lowest BCUT2D eigenvalue weighted by Gasteiger charge is -2.02. The first kappa shape index (κ1) is 11.8. The van der Waals surface area contributed by atoms with Gasteiger partial charge in [-0.25, -0.2) is 4.79 Å². The van der Waals surface area contributed by atoms with Gasteiger partial charge in [0.05, 0.1) is 4.90 Å². The van der Waals surface area contributed by atoms with Crippen molar-refractivity contribution in [3.63, 3.8) is 0 Å². The Hall–Kier alpha value is -2.27. The normalized spacial score (nSPS) is 10.7. The second-order valence-corrected chi connectivity index (χ2v) is 5.16. The van der Waals surface area contributed by atoms with Crippen molar-refractivity contribution in [3.05, 3.63) is 69.5 Å². The predicted octanol–water partition coefficient (Wildman–Crippen LogP) is 2.37. The highest BCUT2D eigenvalue weighted by Gasteiger charge is 2.03. The summed E-state index contributed by atoms with van der Waals surface area (Å²) in [6.07, 6.45) is 1.43. The Morgan fingerprint density at radius 3 is 2.53 bits per heavy atom. The number of aromatic nitrogens is 2. The number of fused-ring (bicyclic) bond motifs is 1. The molecule has 3 rings (SSSR count). The van der Waals surface area contributed by atoms with E-state index in [4.69, 9.17) is 0 Å². The van der Waals surface area contributed by atoms with Gasteiger partial charge in [-0.2, -0.15) is 0 Å². The van der Waals surface area contributed by atoms with Gasteiger partial charge < -0.3 is 4.98 Å². The van der Waals surface area contributed by atoms with Gasteiger partial charge in [0.15, 0.2) is 0 Å². The Kier molecular flexibility index (Phi) is 2.97. The second kappa shape index (κ2) is 4.78. The van der Waals surface area contributed by atoms with E-state index in [1.165, 1.54) is 18.0 Å². The van der Waals surface area contributed by atoms with Crippen LogP contribution in [0.1, 0.15) is 0 Å². The summed E-state index contributed by atoms with van der Waals surface area (Å²) in [7, 11) is 0. The average Bonchev–Trinajstić information content (AvgIpc) is 2.42. The summed E-state index contributed by atoms with van der Waals surface area (Å²) >= 11 is 1.32. The second-order valence-electron chi connectivity index (χ2n) is 4.05. The largest absolute Gasteiger partial charge is 0.325 e. The van der Waals surface area contributed by atoms with Crippen LogP contribution in [0.5, 0.6) is 0 Å². The van der Waals surface area contributed by atoms with Gasteiger partial charge in [0.25, 0.3) is 5.56 Å². The molecule has 0 spiro atoms. The zero-order chi connectivity index (χ0) is 13.2.